The average Bonchev–Trinajstić information content (AvgIpc) is 2.73. The van der Waals surface area contributed by atoms with E-state index in [1.165, 1.54) is 7.11 Å². The largest absolute Gasteiger partial charge is 0.469 e. The fourth-order valence-electron chi connectivity index (χ4n) is 2.54. The Bertz CT molecular complexity index is 853. The Morgan fingerprint density at radius 3 is 2.28 bits per heavy atom. The molecule has 0 saturated carbocycles. The normalized spacial score (nSPS) is 11.3. The summed E-state index contributed by atoms with van der Waals surface area (Å²) in [6.07, 6.45) is 0.106. The molecule has 0 saturated heterocycles. The molecule has 29 heavy (non-hydrogen) atoms. The molecule has 1 atom stereocenters. The first-order valence-corrected chi connectivity index (χ1v) is 9.44. The molecule has 0 fully saturated rings. The minimum absolute atomic E-state index is 0.106. The van der Waals surface area contributed by atoms with Crippen LogP contribution in [0.2, 0.25) is 5.02 Å². The van der Waals surface area contributed by atoms with E-state index in [1.54, 1.807) is 48.3 Å². The smallest absolute Gasteiger partial charge is 0.322 e. The predicted molar refractivity (Wildman–Crippen MR) is 112 cm³/mol. The summed E-state index contributed by atoms with van der Waals surface area (Å²) in [6, 6.07) is 13.4. The molecule has 2 N–H and O–H groups in total. The van der Waals surface area contributed by atoms with E-state index in [0.717, 1.165) is 5.56 Å². The van der Waals surface area contributed by atoms with Crippen LogP contribution in [0, 0.1) is 0 Å². The van der Waals surface area contributed by atoms with Gasteiger partial charge in [0.2, 0.25) is 0 Å². The number of ether oxygens (including phenoxy) is 1. The molecular weight excluding hydrogens is 394 g/mol. The van der Waals surface area contributed by atoms with Gasteiger partial charge in [0.25, 0.3) is 5.91 Å². The van der Waals surface area contributed by atoms with Gasteiger partial charge >= 0.3 is 12.0 Å². The molecule has 2 rings (SSSR count). The van der Waals surface area contributed by atoms with Crippen molar-refractivity contribution in [2.75, 3.05) is 26.0 Å². The molecule has 3 amide bonds. The van der Waals surface area contributed by atoms with Gasteiger partial charge in [-0.05, 0) is 48.9 Å². The lowest BCUT2D eigenvalue weighted by atomic mass is 10.1. The number of benzene rings is 2. The van der Waals surface area contributed by atoms with Crippen molar-refractivity contribution in [2.24, 2.45) is 0 Å². The molecule has 0 aliphatic heterocycles. The minimum Gasteiger partial charge on any atom is -0.469 e. The highest BCUT2D eigenvalue weighted by atomic mass is 35.5. The number of carbonyl (C=O) groups is 3. The second-order valence-corrected chi connectivity index (χ2v) is 6.86. The number of esters is 1. The van der Waals surface area contributed by atoms with E-state index in [9.17, 15) is 14.4 Å². The van der Waals surface area contributed by atoms with Crippen molar-refractivity contribution >= 4 is 35.2 Å². The summed E-state index contributed by atoms with van der Waals surface area (Å²) in [5, 5.41) is 6.08. The first-order chi connectivity index (χ1) is 13.8. The number of nitrogens with zero attached hydrogens (tertiary/aromatic N) is 1. The molecule has 2 aromatic rings. The monoisotopic (exact) mass is 417 g/mol. The quantitative estimate of drug-likeness (QED) is 0.669. The van der Waals surface area contributed by atoms with Crippen LogP contribution in [0.3, 0.4) is 0 Å². The van der Waals surface area contributed by atoms with E-state index in [1.807, 2.05) is 19.1 Å². The zero-order valence-electron chi connectivity index (χ0n) is 16.6. The van der Waals surface area contributed by atoms with E-state index < -0.39 is 0 Å². The van der Waals surface area contributed by atoms with Crippen molar-refractivity contribution < 1.29 is 19.1 Å². The molecule has 0 radical (unpaired) electrons. The maximum Gasteiger partial charge on any atom is 0.322 e. The van der Waals surface area contributed by atoms with Gasteiger partial charge in [-0.25, -0.2) is 4.79 Å². The number of hydrogen-bond acceptors (Lipinski definition) is 4. The van der Waals surface area contributed by atoms with E-state index in [2.05, 4.69) is 15.4 Å². The molecule has 2 aromatic carbocycles. The molecule has 7 nitrogen and oxygen atoms in total. The Labute approximate surface area is 175 Å². The van der Waals surface area contributed by atoms with Crippen LogP contribution < -0.4 is 10.6 Å². The highest BCUT2D eigenvalue weighted by Crippen LogP contribution is 2.21. The Morgan fingerprint density at radius 2 is 1.69 bits per heavy atom. The van der Waals surface area contributed by atoms with Crippen LogP contribution in [0.1, 0.15) is 35.3 Å². The molecule has 0 aliphatic carbocycles. The molecule has 0 aromatic heterocycles. The lowest BCUT2D eigenvalue weighted by Crippen LogP contribution is -2.33. The molecular formula is C21H24ClN3O4. The summed E-state index contributed by atoms with van der Waals surface area (Å²) in [5.41, 5.74) is 1.96. The summed E-state index contributed by atoms with van der Waals surface area (Å²) in [4.78, 5) is 37.2. The van der Waals surface area contributed by atoms with Crippen LogP contribution in [-0.4, -0.2) is 43.5 Å². The predicted octanol–water partition coefficient (Wildman–Crippen LogP) is 3.86. The Balaban J connectivity index is 1.91. The third kappa shape index (κ3) is 6.50. The number of anilines is 1. The third-order valence-corrected chi connectivity index (χ3v) is 4.75. The van der Waals surface area contributed by atoms with Gasteiger partial charge in [0, 0.05) is 29.9 Å². The summed E-state index contributed by atoms with van der Waals surface area (Å²) in [5.74, 6) is -0.694. The van der Waals surface area contributed by atoms with Gasteiger partial charge in [-0.1, -0.05) is 23.7 Å². The van der Waals surface area contributed by atoms with Crippen molar-refractivity contribution in [3.05, 3.63) is 64.7 Å². The summed E-state index contributed by atoms with van der Waals surface area (Å²) >= 11 is 5.91. The minimum atomic E-state index is -0.389. The van der Waals surface area contributed by atoms with Crippen molar-refractivity contribution in [3.63, 3.8) is 0 Å². The average molecular weight is 418 g/mol. The first kappa shape index (κ1) is 22.2. The van der Waals surface area contributed by atoms with Crippen molar-refractivity contribution in [1.29, 1.82) is 0 Å². The lowest BCUT2D eigenvalue weighted by molar-refractivity contribution is -0.140. The maximum absolute atomic E-state index is 12.5. The molecule has 0 spiro atoms. The van der Waals surface area contributed by atoms with Crippen LogP contribution >= 0.6 is 11.6 Å². The van der Waals surface area contributed by atoms with E-state index in [-0.39, 0.29) is 36.9 Å². The Morgan fingerprint density at radius 1 is 1.07 bits per heavy atom. The number of rotatable bonds is 7. The maximum atomic E-state index is 12.5. The third-order valence-electron chi connectivity index (χ3n) is 4.49. The van der Waals surface area contributed by atoms with Crippen molar-refractivity contribution in [1.82, 2.24) is 10.2 Å². The van der Waals surface area contributed by atoms with Crippen LogP contribution in [0.15, 0.2) is 48.5 Å². The highest BCUT2D eigenvalue weighted by Gasteiger charge is 2.17. The van der Waals surface area contributed by atoms with E-state index in [4.69, 9.17) is 11.6 Å². The number of halogens is 1. The number of amides is 3. The SMILES string of the molecule is COC(=O)CCNC(=O)c1ccc(NC(=O)N(C)[C@H](C)c2ccc(Cl)cc2)cc1. The molecule has 0 heterocycles. The van der Waals surface area contributed by atoms with Crippen LogP contribution in [-0.2, 0) is 9.53 Å². The van der Waals surface area contributed by atoms with Crippen LogP contribution in [0.5, 0.6) is 0 Å². The van der Waals surface area contributed by atoms with Gasteiger partial charge in [0.15, 0.2) is 0 Å². The fraction of sp³-hybridized carbons (Fsp3) is 0.286. The highest BCUT2D eigenvalue weighted by molar-refractivity contribution is 6.30. The molecule has 8 heteroatoms. The number of urea groups is 1. The van der Waals surface area contributed by atoms with Crippen molar-refractivity contribution in [3.8, 4) is 0 Å². The van der Waals surface area contributed by atoms with Gasteiger partial charge in [0.05, 0.1) is 19.6 Å². The molecule has 0 unspecified atom stereocenters. The second-order valence-electron chi connectivity index (χ2n) is 6.43. The standard InChI is InChI=1S/C21H24ClN3O4/c1-14(15-4-8-17(22)9-5-15)25(2)21(28)24-18-10-6-16(7-11-18)20(27)23-13-12-19(26)29-3/h4-11,14H,12-13H2,1-3H3,(H,23,27)(H,24,28)/t14-/m1/s1. The second kappa shape index (κ2) is 10.5. The Kier molecular flexibility index (Phi) is 8.03. The molecule has 0 aliphatic rings. The van der Waals surface area contributed by atoms with Gasteiger partial charge in [-0.15, -0.1) is 0 Å². The van der Waals surface area contributed by atoms with Gasteiger partial charge in [-0.2, -0.15) is 0 Å². The summed E-state index contributed by atoms with van der Waals surface area (Å²) in [6.45, 7) is 2.11. The number of methoxy groups -OCH3 is 1. The molecule has 0 bridgehead atoms. The Hall–Kier alpha value is -3.06. The zero-order chi connectivity index (χ0) is 21.4. The van der Waals surface area contributed by atoms with Crippen LogP contribution in [0.25, 0.3) is 0 Å². The molecule has 154 valence electrons. The number of nitrogens with one attached hydrogen (secondary N) is 2. The zero-order valence-corrected chi connectivity index (χ0v) is 17.3. The van der Waals surface area contributed by atoms with Gasteiger partial charge < -0.3 is 20.3 Å². The van der Waals surface area contributed by atoms with Gasteiger partial charge in [-0.3, -0.25) is 9.59 Å². The number of carbonyl (C=O) groups excluding carboxylic acids is 3. The number of hydrogen-bond donors (Lipinski definition) is 2. The van der Waals surface area contributed by atoms with E-state index in [0.29, 0.717) is 16.3 Å². The van der Waals surface area contributed by atoms with Crippen molar-refractivity contribution in [2.45, 2.75) is 19.4 Å². The van der Waals surface area contributed by atoms with Crippen LogP contribution in [0.4, 0.5) is 10.5 Å². The van der Waals surface area contributed by atoms with Gasteiger partial charge in [0.1, 0.15) is 0 Å². The topological polar surface area (TPSA) is 87.7 Å². The van der Waals surface area contributed by atoms with E-state index >= 15 is 0 Å². The summed E-state index contributed by atoms with van der Waals surface area (Å²) < 4.78 is 4.52. The fourth-order valence-corrected chi connectivity index (χ4v) is 2.67. The lowest BCUT2D eigenvalue weighted by Gasteiger charge is -2.25. The summed E-state index contributed by atoms with van der Waals surface area (Å²) in [7, 11) is 3.00. The first-order valence-electron chi connectivity index (χ1n) is 9.06.